The van der Waals surface area contributed by atoms with Gasteiger partial charge in [0.1, 0.15) is 11.6 Å². The van der Waals surface area contributed by atoms with Crippen molar-refractivity contribution in [3.8, 4) is 0 Å². The van der Waals surface area contributed by atoms with Crippen molar-refractivity contribution >= 4 is 0 Å². The third kappa shape index (κ3) is 1.54. The highest BCUT2D eigenvalue weighted by Crippen LogP contribution is 2.22. The number of aliphatic hydroxyl groups excluding tert-OH is 1. The normalized spacial score (nSPS) is 21.3. The van der Waals surface area contributed by atoms with Crippen molar-refractivity contribution in [1.29, 1.82) is 0 Å². The molecule has 0 spiro atoms. The largest absolute Gasteiger partial charge is 0.396 e. The summed E-state index contributed by atoms with van der Waals surface area (Å²) in [5.41, 5.74) is 0. The summed E-state index contributed by atoms with van der Waals surface area (Å²) in [6.45, 7) is 5.50. The second kappa shape index (κ2) is 3.69. The second-order valence-electron chi connectivity index (χ2n) is 4.32. The topological polar surface area (TPSA) is 50.9 Å². The molecule has 1 atom stereocenters. The molecule has 1 N–H and O–H groups in total. The predicted molar refractivity (Wildman–Crippen MR) is 53.0 cm³/mol. The first-order valence-electron chi connectivity index (χ1n) is 5.25. The highest BCUT2D eigenvalue weighted by atomic mass is 16.3. The molecule has 1 aromatic heterocycles. The van der Waals surface area contributed by atoms with Crippen LogP contribution in [0.15, 0.2) is 0 Å². The summed E-state index contributed by atoms with van der Waals surface area (Å²) in [4.78, 5) is 0. The molecule has 2 heterocycles. The van der Waals surface area contributed by atoms with Crippen LogP contribution in [-0.4, -0.2) is 26.5 Å². The van der Waals surface area contributed by atoms with Gasteiger partial charge in [0, 0.05) is 25.5 Å². The van der Waals surface area contributed by atoms with Crippen LogP contribution in [0.1, 0.15) is 37.8 Å². The zero-order valence-corrected chi connectivity index (χ0v) is 8.77. The summed E-state index contributed by atoms with van der Waals surface area (Å²) in [6, 6.07) is 0. The van der Waals surface area contributed by atoms with Crippen LogP contribution < -0.4 is 0 Å². The van der Waals surface area contributed by atoms with Gasteiger partial charge in [0.2, 0.25) is 0 Å². The lowest BCUT2D eigenvalue weighted by molar-refractivity contribution is 0.198. The van der Waals surface area contributed by atoms with Crippen molar-refractivity contribution in [2.75, 3.05) is 6.61 Å². The summed E-state index contributed by atoms with van der Waals surface area (Å²) in [7, 11) is 0. The molecule has 1 aromatic rings. The van der Waals surface area contributed by atoms with E-state index in [2.05, 4.69) is 28.6 Å². The van der Waals surface area contributed by atoms with E-state index in [0.29, 0.717) is 11.8 Å². The lowest BCUT2D eigenvalue weighted by Crippen LogP contribution is -2.23. The molecule has 0 aliphatic carbocycles. The fourth-order valence-corrected chi connectivity index (χ4v) is 2.00. The van der Waals surface area contributed by atoms with E-state index < -0.39 is 0 Å². The van der Waals surface area contributed by atoms with Crippen molar-refractivity contribution in [3.05, 3.63) is 11.6 Å². The van der Waals surface area contributed by atoms with Gasteiger partial charge in [0.15, 0.2) is 0 Å². The van der Waals surface area contributed by atoms with E-state index in [1.54, 1.807) is 0 Å². The van der Waals surface area contributed by atoms with Crippen LogP contribution in [0.5, 0.6) is 0 Å². The average Bonchev–Trinajstić information content (AvgIpc) is 2.59. The Morgan fingerprint density at radius 1 is 1.50 bits per heavy atom. The van der Waals surface area contributed by atoms with Crippen LogP contribution >= 0.6 is 0 Å². The minimum atomic E-state index is 0.268. The molecule has 2 rings (SSSR count). The minimum Gasteiger partial charge on any atom is -0.396 e. The van der Waals surface area contributed by atoms with E-state index in [0.717, 1.165) is 31.0 Å². The number of hydrogen-bond donors (Lipinski definition) is 1. The van der Waals surface area contributed by atoms with Gasteiger partial charge in [-0.15, -0.1) is 10.2 Å². The van der Waals surface area contributed by atoms with Gasteiger partial charge in [0.25, 0.3) is 0 Å². The average molecular weight is 195 g/mol. The van der Waals surface area contributed by atoms with Crippen LogP contribution in [0.25, 0.3) is 0 Å². The lowest BCUT2D eigenvalue weighted by Gasteiger charge is -2.22. The van der Waals surface area contributed by atoms with Crippen LogP contribution in [-0.2, 0) is 13.0 Å². The Bertz CT molecular complexity index is 319. The second-order valence-corrected chi connectivity index (χ2v) is 4.32. The van der Waals surface area contributed by atoms with Crippen molar-refractivity contribution in [2.45, 2.75) is 39.2 Å². The monoisotopic (exact) mass is 195 g/mol. The lowest BCUT2D eigenvalue weighted by atomic mass is 9.98. The van der Waals surface area contributed by atoms with Crippen LogP contribution in [0, 0.1) is 5.92 Å². The van der Waals surface area contributed by atoms with Gasteiger partial charge in [-0.1, -0.05) is 13.8 Å². The Morgan fingerprint density at radius 2 is 2.29 bits per heavy atom. The molecular weight excluding hydrogens is 178 g/mol. The predicted octanol–water partition coefficient (Wildman–Crippen LogP) is 0.956. The summed E-state index contributed by atoms with van der Waals surface area (Å²) < 4.78 is 2.21. The SMILES string of the molecule is CC(C)c1nnc2n1CCC(CO)C2. The van der Waals surface area contributed by atoms with Gasteiger partial charge in [-0.05, 0) is 12.3 Å². The zero-order chi connectivity index (χ0) is 10.1. The van der Waals surface area contributed by atoms with E-state index in [4.69, 9.17) is 5.11 Å². The van der Waals surface area contributed by atoms with Gasteiger partial charge < -0.3 is 9.67 Å². The van der Waals surface area contributed by atoms with Gasteiger partial charge in [-0.2, -0.15) is 0 Å². The third-order valence-electron chi connectivity index (χ3n) is 2.86. The van der Waals surface area contributed by atoms with E-state index in [9.17, 15) is 0 Å². The number of rotatable bonds is 2. The highest BCUT2D eigenvalue weighted by Gasteiger charge is 2.23. The number of hydrogen-bond acceptors (Lipinski definition) is 3. The van der Waals surface area contributed by atoms with Gasteiger partial charge >= 0.3 is 0 Å². The smallest absolute Gasteiger partial charge is 0.135 e. The molecule has 0 radical (unpaired) electrons. The fraction of sp³-hybridized carbons (Fsp3) is 0.800. The maximum Gasteiger partial charge on any atom is 0.135 e. The number of fused-ring (bicyclic) bond motifs is 1. The van der Waals surface area contributed by atoms with Gasteiger partial charge in [-0.3, -0.25) is 0 Å². The molecule has 1 unspecified atom stereocenters. The molecule has 4 heteroatoms. The van der Waals surface area contributed by atoms with Crippen molar-refractivity contribution < 1.29 is 5.11 Å². The van der Waals surface area contributed by atoms with E-state index >= 15 is 0 Å². The molecule has 0 bridgehead atoms. The summed E-state index contributed by atoms with van der Waals surface area (Å²) in [5.74, 6) is 2.93. The summed E-state index contributed by atoms with van der Waals surface area (Å²) in [5, 5.41) is 17.5. The maximum atomic E-state index is 9.08. The Kier molecular flexibility index (Phi) is 2.54. The number of nitrogens with zero attached hydrogens (tertiary/aromatic N) is 3. The highest BCUT2D eigenvalue weighted by molar-refractivity contribution is 5.03. The van der Waals surface area contributed by atoms with Gasteiger partial charge in [-0.25, -0.2) is 0 Å². The van der Waals surface area contributed by atoms with E-state index in [1.165, 1.54) is 0 Å². The quantitative estimate of drug-likeness (QED) is 0.764. The van der Waals surface area contributed by atoms with Crippen LogP contribution in [0.3, 0.4) is 0 Å². The number of aromatic nitrogens is 3. The first-order chi connectivity index (χ1) is 6.72. The van der Waals surface area contributed by atoms with Gasteiger partial charge in [0.05, 0.1) is 0 Å². The summed E-state index contributed by atoms with van der Waals surface area (Å²) in [6.07, 6.45) is 1.91. The molecular formula is C10H17N3O. The first kappa shape index (κ1) is 9.65. The van der Waals surface area contributed by atoms with E-state index in [-0.39, 0.29) is 6.61 Å². The number of aliphatic hydroxyl groups is 1. The molecule has 0 fully saturated rings. The molecule has 14 heavy (non-hydrogen) atoms. The molecule has 0 aromatic carbocycles. The standard InChI is InChI=1S/C10H17N3O/c1-7(2)10-12-11-9-5-8(6-14)3-4-13(9)10/h7-8,14H,3-6H2,1-2H3. The van der Waals surface area contributed by atoms with Crippen molar-refractivity contribution in [2.24, 2.45) is 5.92 Å². The third-order valence-corrected chi connectivity index (χ3v) is 2.86. The Hall–Kier alpha value is -0.900. The van der Waals surface area contributed by atoms with E-state index in [1.807, 2.05) is 0 Å². The Balaban J connectivity index is 2.25. The van der Waals surface area contributed by atoms with Crippen molar-refractivity contribution in [1.82, 2.24) is 14.8 Å². The molecule has 1 aliphatic rings. The Morgan fingerprint density at radius 3 is 2.93 bits per heavy atom. The molecule has 0 saturated heterocycles. The maximum absolute atomic E-state index is 9.08. The zero-order valence-electron chi connectivity index (χ0n) is 8.77. The summed E-state index contributed by atoms with van der Waals surface area (Å²) >= 11 is 0. The minimum absolute atomic E-state index is 0.268. The molecule has 0 saturated carbocycles. The van der Waals surface area contributed by atoms with Crippen LogP contribution in [0.2, 0.25) is 0 Å². The molecule has 0 amide bonds. The molecule has 78 valence electrons. The van der Waals surface area contributed by atoms with Crippen LogP contribution in [0.4, 0.5) is 0 Å². The molecule has 4 nitrogen and oxygen atoms in total. The first-order valence-corrected chi connectivity index (χ1v) is 5.25. The molecule has 1 aliphatic heterocycles. The fourth-order valence-electron chi connectivity index (χ4n) is 2.00. The van der Waals surface area contributed by atoms with Crippen molar-refractivity contribution in [3.63, 3.8) is 0 Å². The Labute approximate surface area is 84.0 Å².